The number of benzene rings is 3. The molecular formula is C26H20Cl3NO3. The quantitative estimate of drug-likeness (QED) is 0.363. The fourth-order valence-electron chi connectivity index (χ4n) is 4.19. The SMILES string of the molecule is Cc1c2c(cc3c1O/C(=C\c1cccc(Cl)c1)C3=O)CN(CCc1ccc(Cl)cc1Cl)CO2. The Balaban J connectivity index is 1.36. The Kier molecular flexibility index (Phi) is 6.11. The topological polar surface area (TPSA) is 38.8 Å². The van der Waals surface area contributed by atoms with Gasteiger partial charge in [-0.25, -0.2) is 0 Å². The second-order valence-corrected chi connectivity index (χ2v) is 9.45. The standard InChI is InChI=1S/C26H20Cl3NO3/c1-15-25-18(13-30(14-32-25)8-7-17-5-6-20(28)12-22(17)29)11-21-24(31)23(33-26(15)21)10-16-3-2-4-19(27)9-16/h2-6,9-12H,7-8,13-14H2,1H3/b23-10-. The summed E-state index contributed by atoms with van der Waals surface area (Å²) in [5.41, 5.74) is 4.22. The van der Waals surface area contributed by atoms with Gasteiger partial charge < -0.3 is 9.47 Å². The van der Waals surface area contributed by atoms with Gasteiger partial charge in [0.1, 0.15) is 18.2 Å². The largest absolute Gasteiger partial charge is 0.477 e. The van der Waals surface area contributed by atoms with Gasteiger partial charge in [-0.1, -0.05) is 53.0 Å². The molecule has 0 bridgehead atoms. The van der Waals surface area contributed by atoms with Crippen molar-refractivity contribution in [1.29, 1.82) is 0 Å². The monoisotopic (exact) mass is 499 g/mol. The minimum Gasteiger partial charge on any atom is -0.477 e. The lowest BCUT2D eigenvalue weighted by atomic mass is 10.00. The summed E-state index contributed by atoms with van der Waals surface area (Å²) in [5.74, 6) is 1.49. The molecule has 2 aliphatic heterocycles. The van der Waals surface area contributed by atoms with E-state index in [1.54, 1.807) is 24.3 Å². The summed E-state index contributed by atoms with van der Waals surface area (Å²) in [6.45, 7) is 3.82. The number of rotatable bonds is 4. The first-order valence-electron chi connectivity index (χ1n) is 10.5. The van der Waals surface area contributed by atoms with Gasteiger partial charge in [-0.3, -0.25) is 9.69 Å². The van der Waals surface area contributed by atoms with Crippen molar-refractivity contribution in [1.82, 2.24) is 4.90 Å². The fourth-order valence-corrected chi connectivity index (χ4v) is 4.89. The molecule has 33 heavy (non-hydrogen) atoms. The lowest BCUT2D eigenvalue weighted by Gasteiger charge is -2.30. The number of carbonyl (C=O) groups is 1. The predicted molar refractivity (Wildman–Crippen MR) is 132 cm³/mol. The third kappa shape index (κ3) is 4.49. The van der Waals surface area contributed by atoms with E-state index in [4.69, 9.17) is 44.3 Å². The molecule has 5 rings (SSSR count). The molecule has 0 atom stereocenters. The second-order valence-electron chi connectivity index (χ2n) is 8.17. The van der Waals surface area contributed by atoms with Crippen LogP contribution >= 0.6 is 34.8 Å². The van der Waals surface area contributed by atoms with Gasteiger partial charge in [0.15, 0.2) is 5.76 Å². The maximum atomic E-state index is 13.1. The van der Waals surface area contributed by atoms with Crippen LogP contribution in [-0.2, 0) is 13.0 Å². The molecule has 0 radical (unpaired) electrons. The summed E-state index contributed by atoms with van der Waals surface area (Å²) >= 11 is 18.4. The first-order valence-corrected chi connectivity index (χ1v) is 11.7. The summed E-state index contributed by atoms with van der Waals surface area (Å²) in [7, 11) is 0. The third-order valence-corrected chi connectivity index (χ3v) is 6.68. The Hall–Kier alpha value is -2.50. The summed E-state index contributed by atoms with van der Waals surface area (Å²) in [5, 5.41) is 1.89. The molecule has 4 nitrogen and oxygen atoms in total. The number of allylic oxidation sites excluding steroid dienone is 1. The molecule has 0 unspecified atom stereocenters. The van der Waals surface area contributed by atoms with Crippen molar-refractivity contribution in [3.05, 3.63) is 97.2 Å². The molecule has 0 fully saturated rings. The third-order valence-electron chi connectivity index (χ3n) is 5.86. The van der Waals surface area contributed by atoms with Gasteiger partial charge in [-0.2, -0.15) is 0 Å². The molecule has 0 aliphatic carbocycles. The number of ether oxygens (including phenoxy) is 2. The first-order chi connectivity index (χ1) is 15.9. The normalized spacial score (nSPS) is 16.4. The van der Waals surface area contributed by atoms with Crippen LogP contribution in [0.4, 0.5) is 0 Å². The number of carbonyl (C=O) groups excluding carboxylic acids is 1. The van der Waals surface area contributed by atoms with Gasteiger partial charge in [0.25, 0.3) is 0 Å². The van der Waals surface area contributed by atoms with E-state index in [1.165, 1.54) is 0 Å². The Morgan fingerprint density at radius 3 is 2.64 bits per heavy atom. The highest BCUT2D eigenvalue weighted by Crippen LogP contribution is 2.43. The Morgan fingerprint density at radius 1 is 1.03 bits per heavy atom. The molecule has 7 heteroatoms. The molecule has 168 valence electrons. The maximum absolute atomic E-state index is 13.1. The van der Waals surface area contributed by atoms with E-state index in [0.717, 1.165) is 41.0 Å². The molecule has 2 aliphatic rings. The number of hydrogen-bond donors (Lipinski definition) is 0. The van der Waals surface area contributed by atoms with Gasteiger partial charge in [-0.05, 0) is 60.9 Å². The Bertz CT molecular complexity index is 1300. The van der Waals surface area contributed by atoms with E-state index in [1.807, 2.05) is 37.3 Å². The van der Waals surface area contributed by atoms with Gasteiger partial charge in [0, 0.05) is 39.3 Å². The molecule has 0 N–H and O–H groups in total. The van der Waals surface area contributed by atoms with Crippen LogP contribution in [0, 0.1) is 6.92 Å². The van der Waals surface area contributed by atoms with Gasteiger partial charge in [-0.15, -0.1) is 0 Å². The van der Waals surface area contributed by atoms with Crippen LogP contribution in [0.25, 0.3) is 6.08 Å². The minimum absolute atomic E-state index is 0.138. The zero-order chi connectivity index (χ0) is 23.1. The number of ketones is 1. The van der Waals surface area contributed by atoms with Crippen LogP contribution in [0.5, 0.6) is 11.5 Å². The molecule has 2 heterocycles. The van der Waals surface area contributed by atoms with Gasteiger partial charge in [0.05, 0.1) is 5.56 Å². The lowest BCUT2D eigenvalue weighted by Crippen LogP contribution is -2.34. The van der Waals surface area contributed by atoms with Crippen molar-refractivity contribution in [2.45, 2.75) is 19.9 Å². The van der Waals surface area contributed by atoms with E-state index in [0.29, 0.717) is 39.7 Å². The summed E-state index contributed by atoms with van der Waals surface area (Å²) in [6, 6.07) is 14.7. The predicted octanol–water partition coefficient (Wildman–Crippen LogP) is 6.97. The number of Topliss-reactive ketones (excluding diaryl/α,β-unsaturated/α-hetero) is 1. The molecule has 0 amide bonds. The molecule has 0 saturated heterocycles. The lowest BCUT2D eigenvalue weighted by molar-refractivity contribution is 0.0954. The molecule has 0 saturated carbocycles. The number of hydrogen-bond acceptors (Lipinski definition) is 4. The van der Waals surface area contributed by atoms with Crippen molar-refractivity contribution in [2.75, 3.05) is 13.3 Å². The highest BCUT2D eigenvalue weighted by atomic mass is 35.5. The van der Waals surface area contributed by atoms with Gasteiger partial charge in [0.2, 0.25) is 5.78 Å². The van der Waals surface area contributed by atoms with Crippen molar-refractivity contribution in [2.24, 2.45) is 0 Å². The van der Waals surface area contributed by atoms with E-state index >= 15 is 0 Å². The van der Waals surface area contributed by atoms with Crippen LogP contribution in [0.1, 0.15) is 32.6 Å². The average molecular weight is 501 g/mol. The van der Waals surface area contributed by atoms with Crippen molar-refractivity contribution < 1.29 is 14.3 Å². The number of nitrogens with zero attached hydrogens (tertiary/aromatic N) is 1. The zero-order valence-corrected chi connectivity index (χ0v) is 20.1. The minimum atomic E-state index is -0.138. The zero-order valence-electron chi connectivity index (χ0n) is 17.8. The molecule has 0 spiro atoms. The number of halogens is 3. The van der Waals surface area contributed by atoms with Gasteiger partial charge >= 0.3 is 0 Å². The van der Waals surface area contributed by atoms with Crippen LogP contribution in [0.15, 0.2) is 54.3 Å². The average Bonchev–Trinajstić information content (AvgIpc) is 3.09. The van der Waals surface area contributed by atoms with E-state index < -0.39 is 0 Å². The van der Waals surface area contributed by atoms with E-state index in [9.17, 15) is 4.79 Å². The molecule has 3 aromatic carbocycles. The van der Waals surface area contributed by atoms with Crippen LogP contribution in [0.2, 0.25) is 15.1 Å². The molecule has 0 aromatic heterocycles. The van der Waals surface area contributed by atoms with Crippen molar-refractivity contribution >= 4 is 46.7 Å². The summed E-state index contributed by atoms with van der Waals surface area (Å²) < 4.78 is 12.0. The summed E-state index contributed by atoms with van der Waals surface area (Å²) in [6.07, 6.45) is 2.49. The Labute approximate surface area is 207 Å². The fraction of sp³-hybridized carbons (Fsp3) is 0.192. The van der Waals surface area contributed by atoms with Crippen LogP contribution in [-0.4, -0.2) is 24.0 Å². The van der Waals surface area contributed by atoms with E-state index in [-0.39, 0.29) is 11.5 Å². The first kappa shape index (κ1) is 22.3. The second kappa shape index (κ2) is 9.03. The highest BCUT2D eigenvalue weighted by molar-refractivity contribution is 6.35. The smallest absolute Gasteiger partial charge is 0.231 e. The maximum Gasteiger partial charge on any atom is 0.231 e. The van der Waals surface area contributed by atoms with Crippen LogP contribution in [0.3, 0.4) is 0 Å². The van der Waals surface area contributed by atoms with Crippen molar-refractivity contribution in [3.63, 3.8) is 0 Å². The summed E-state index contributed by atoms with van der Waals surface area (Å²) in [4.78, 5) is 15.3. The highest BCUT2D eigenvalue weighted by Gasteiger charge is 2.33. The molecule has 3 aromatic rings. The van der Waals surface area contributed by atoms with Crippen molar-refractivity contribution in [3.8, 4) is 11.5 Å². The number of fused-ring (bicyclic) bond motifs is 2. The van der Waals surface area contributed by atoms with E-state index in [2.05, 4.69) is 4.90 Å². The Morgan fingerprint density at radius 2 is 1.85 bits per heavy atom. The molecular weight excluding hydrogens is 481 g/mol. The van der Waals surface area contributed by atoms with Crippen LogP contribution < -0.4 is 9.47 Å².